The quantitative estimate of drug-likeness (QED) is 0.0475. The van der Waals surface area contributed by atoms with Crippen LogP contribution in [0.4, 0.5) is 9.18 Å². The average Bonchev–Trinajstić information content (AvgIpc) is 3.84. The molecule has 6 aliphatic rings. The normalized spacial score (nSPS) is 35.9. The van der Waals surface area contributed by atoms with Crippen molar-refractivity contribution in [3.05, 3.63) is 23.8 Å². The maximum Gasteiger partial charge on any atom is 0.315 e. The van der Waals surface area contributed by atoms with E-state index in [0.717, 1.165) is 101 Å². The molecule has 12 nitrogen and oxygen atoms in total. The molecule has 6 rings (SSSR count). The summed E-state index contributed by atoms with van der Waals surface area (Å²) < 4.78 is 17.4. The van der Waals surface area contributed by atoms with Crippen LogP contribution in [-0.4, -0.2) is 99.8 Å². The fraction of sp³-hybridized carbons (Fsp3) is 0.809. The number of urea groups is 1. The fourth-order valence-electron chi connectivity index (χ4n) is 12.2. The van der Waals surface area contributed by atoms with Gasteiger partial charge in [-0.15, -0.1) is 0 Å². The molecule has 3 saturated carbocycles. The number of hydrogen-bond acceptors (Lipinski definition) is 8. The second-order valence-corrected chi connectivity index (χ2v) is 20.9. The Hall–Kier alpha value is -2.97. The van der Waals surface area contributed by atoms with Crippen molar-refractivity contribution in [2.75, 3.05) is 25.4 Å². The predicted molar refractivity (Wildman–Crippen MR) is 236 cm³/mol. The van der Waals surface area contributed by atoms with Crippen molar-refractivity contribution in [1.82, 2.24) is 26.6 Å². The molecule has 7 N–H and O–H groups in total. The summed E-state index contributed by atoms with van der Waals surface area (Å²) in [6.45, 7) is 7.31. The van der Waals surface area contributed by atoms with Crippen LogP contribution in [0, 0.1) is 28.6 Å². The molecule has 5 fully saturated rings. The van der Waals surface area contributed by atoms with Crippen LogP contribution in [0.15, 0.2) is 23.8 Å². The van der Waals surface area contributed by atoms with Crippen LogP contribution < -0.4 is 26.6 Å². The zero-order valence-corrected chi connectivity index (χ0v) is 37.8. The Kier molecular flexibility index (Phi) is 16.1. The minimum absolute atomic E-state index is 0.0220. The van der Waals surface area contributed by atoms with Crippen molar-refractivity contribution in [2.24, 2.45) is 28.6 Å². The highest BCUT2D eigenvalue weighted by Gasteiger charge is 2.75. The van der Waals surface area contributed by atoms with E-state index in [9.17, 15) is 34.2 Å². The number of carbonyl (C=O) groups excluding carboxylic acids is 5. The molecular formula is C47H74FN5O7S. The lowest BCUT2D eigenvalue weighted by Gasteiger charge is -2.62. The Bertz CT molecular complexity index is 1660. The molecule has 342 valence electrons. The standard InChI is InChI=1S/C47H74FN5O7S/c1-31-27-35-34-21-20-32-28-33(54)22-23-44(32,2)46(34,48)38(55)29-45(35,3)47(31,60)42(58)51-26-15-9-7-5-4-6-8-14-24-49-39(56)18-11-10-16-25-50-40(57)19-13-12-17-37-41-36(30-61-37)52-43(59)53-41/h22-23,28,31,34-38,41,55,60H,4-21,24-27,29-30H2,1-3H3,(H,49,56)(H,50,57)(H,51,58)(H2,52,53,59)/t31-,34+,35+,36+,37+,38+,41+,44+,45+,46+,47+/m1/s1. The van der Waals surface area contributed by atoms with Crippen LogP contribution in [0.5, 0.6) is 0 Å². The molecule has 2 heterocycles. The second kappa shape index (κ2) is 20.7. The first kappa shape index (κ1) is 47.5. The molecule has 4 aliphatic carbocycles. The lowest BCUT2D eigenvalue weighted by atomic mass is 9.44. The van der Waals surface area contributed by atoms with Crippen LogP contribution in [-0.2, 0) is 19.2 Å². The molecular weight excluding hydrogens is 798 g/mol. The Balaban J connectivity index is 0.745. The monoisotopic (exact) mass is 872 g/mol. The lowest BCUT2D eigenvalue weighted by Crippen LogP contribution is -2.70. The largest absolute Gasteiger partial charge is 0.390 e. The first-order chi connectivity index (χ1) is 29.1. The van der Waals surface area contributed by atoms with E-state index in [1.54, 1.807) is 13.0 Å². The molecule has 11 atom stereocenters. The molecule has 61 heavy (non-hydrogen) atoms. The van der Waals surface area contributed by atoms with Gasteiger partial charge in [-0.05, 0) is 95.1 Å². The predicted octanol–water partition coefficient (Wildman–Crippen LogP) is 6.09. The third-order valence-electron chi connectivity index (χ3n) is 15.8. The van der Waals surface area contributed by atoms with Gasteiger partial charge in [-0.2, -0.15) is 11.8 Å². The molecule has 2 saturated heterocycles. The number of fused-ring (bicyclic) bond motifs is 6. The molecule has 14 heteroatoms. The third-order valence-corrected chi connectivity index (χ3v) is 17.3. The highest BCUT2D eigenvalue weighted by molar-refractivity contribution is 8.00. The first-order valence-electron chi connectivity index (χ1n) is 23.7. The summed E-state index contributed by atoms with van der Waals surface area (Å²) in [4.78, 5) is 61.9. The number of thioether (sulfide) groups is 1. The van der Waals surface area contributed by atoms with E-state index >= 15 is 4.39 Å². The molecule has 0 radical (unpaired) electrons. The lowest BCUT2D eigenvalue weighted by molar-refractivity contribution is -0.219. The van der Waals surface area contributed by atoms with Gasteiger partial charge in [0, 0.05) is 60.2 Å². The van der Waals surface area contributed by atoms with Crippen molar-refractivity contribution in [3.8, 4) is 0 Å². The Morgan fingerprint density at radius 2 is 1.43 bits per heavy atom. The zero-order chi connectivity index (χ0) is 43.8. The van der Waals surface area contributed by atoms with Gasteiger partial charge < -0.3 is 36.8 Å². The molecule has 0 aromatic carbocycles. The van der Waals surface area contributed by atoms with Gasteiger partial charge in [0.15, 0.2) is 17.1 Å². The third kappa shape index (κ3) is 10.1. The van der Waals surface area contributed by atoms with Crippen molar-refractivity contribution in [2.45, 2.75) is 184 Å². The molecule has 0 spiro atoms. The highest BCUT2D eigenvalue weighted by atomic mass is 32.2. The maximum atomic E-state index is 17.4. The van der Waals surface area contributed by atoms with Gasteiger partial charge in [-0.3, -0.25) is 19.2 Å². The minimum atomic E-state index is -1.99. The van der Waals surface area contributed by atoms with E-state index in [2.05, 4.69) is 26.6 Å². The van der Waals surface area contributed by atoms with Gasteiger partial charge in [-0.25, -0.2) is 9.18 Å². The van der Waals surface area contributed by atoms with Gasteiger partial charge in [-0.1, -0.05) is 76.9 Å². The summed E-state index contributed by atoms with van der Waals surface area (Å²) in [5, 5.41) is 39.2. The van der Waals surface area contributed by atoms with E-state index in [4.69, 9.17) is 0 Å². The van der Waals surface area contributed by atoms with Crippen LogP contribution >= 0.6 is 11.8 Å². The smallest absolute Gasteiger partial charge is 0.315 e. The average molecular weight is 872 g/mol. The van der Waals surface area contributed by atoms with Crippen LogP contribution in [0.25, 0.3) is 0 Å². The molecule has 0 unspecified atom stereocenters. The van der Waals surface area contributed by atoms with Crippen molar-refractivity contribution < 1.29 is 38.6 Å². The maximum absolute atomic E-state index is 17.4. The van der Waals surface area contributed by atoms with Crippen LogP contribution in [0.1, 0.15) is 149 Å². The Morgan fingerprint density at radius 1 is 0.836 bits per heavy atom. The zero-order valence-electron chi connectivity index (χ0n) is 37.0. The van der Waals surface area contributed by atoms with Crippen molar-refractivity contribution in [3.63, 3.8) is 0 Å². The number of carbonyl (C=O) groups is 5. The number of amides is 5. The van der Waals surface area contributed by atoms with E-state index in [-0.39, 0.29) is 48.1 Å². The number of unbranched alkanes of at least 4 members (excludes halogenated alkanes) is 10. The molecule has 0 aromatic heterocycles. The summed E-state index contributed by atoms with van der Waals surface area (Å²) in [6.07, 6.45) is 19.3. The van der Waals surface area contributed by atoms with Crippen molar-refractivity contribution in [1.29, 1.82) is 0 Å². The molecule has 0 aromatic rings. The van der Waals surface area contributed by atoms with E-state index in [1.165, 1.54) is 12.2 Å². The van der Waals surface area contributed by atoms with Crippen molar-refractivity contribution >= 4 is 41.3 Å². The Labute approximate surface area is 367 Å². The van der Waals surface area contributed by atoms with Crippen LogP contribution in [0.3, 0.4) is 0 Å². The SMILES string of the molecule is C[C@@H]1C[C@H]2[C@@H]3CCC4=CC(=O)C=C[C@]4(C)[C@@]3(F)[C@@H](O)C[C@]2(C)[C@@]1(O)C(=O)NCCCCCCCCCCNC(=O)CCCCCNC(=O)CCCC[C@@H]1SC[C@@H]2NC(=O)N[C@@H]21. The number of nitrogens with one attached hydrogen (secondary N) is 5. The number of allylic oxidation sites excluding steroid dienone is 4. The molecule has 5 amide bonds. The number of halogens is 1. The van der Waals surface area contributed by atoms with Gasteiger partial charge >= 0.3 is 6.03 Å². The summed E-state index contributed by atoms with van der Waals surface area (Å²) >= 11 is 1.90. The number of ketones is 1. The van der Waals surface area contributed by atoms with E-state index < -0.39 is 45.9 Å². The molecule has 2 aliphatic heterocycles. The van der Waals surface area contributed by atoms with Crippen LogP contribution in [0.2, 0.25) is 0 Å². The summed E-state index contributed by atoms with van der Waals surface area (Å²) in [5.74, 6) is -0.665. The summed E-state index contributed by atoms with van der Waals surface area (Å²) in [7, 11) is 0. The number of aliphatic hydroxyl groups excluding tert-OH is 1. The second-order valence-electron chi connectivity index (χ2n) is 19.6. The Morgan fingerprint density at radius 3 is 2.08 bits per heavy atom. The molecule has 0 bridgehead atoms. The topological polar surface area (TPSA) is 186 Å². The van der Waals surface area contributed by atoms with E-state index in [0.29, 0.717) is 57.0 Å². The fourth-order valence-corrected chi connectivity index (χ4v) is 13.7. The van der Waals surface area contributed by atoms with Gasteiger partial charge in [0.05, 0.1) is 18.2 Å². The van der Waals surface area contributed by atoms with Gasteiger partial charge in [0.25, 0.3) is 5.91 Å². The summed E-state index contributed by atoms with van der Waals surface area (Å²) in [5.41, 5.74) is -5.07. The first-order valence-corrected chi connectivity index (χ1v) is 24.7. The number of alkyl halides is 1. The number of aliphatic hydroxyl groups is 2. The van der Waals surface area contributed by atoms with Gasteiger partial charge in [0.2, 0.25) is 11.8 Å². The van der Waals surface area contributed by atoms with E-state index in [1.807, 2.05) is 25.6 Å². The highest BCUT2D eigenvalue weighted by Crippen LogP contribution is 2.70. The summed E-state index contributed by atoms with van der Waals surface area (Å²) in [6, 6.07) is 0.390. The number of hydrogen-bond donors (Lipinski definition) is 7. The minimum Gasteiger partial charge on any atom is -0.390 e. The number of rotatable bonds is 23. The van der Waals surface area contributed by atoms with Gasteiger partial charge in [0.1, 0.15) is 0 Å².